The molecule has 0 fully saturated rings. The fraction of sp³-hybridized carbons (Fsp3) is 0.353. The summed E-state index contributed by atoms with van der Waals surface area (Å²) in [6, 6.07) is 6.49. The molecule has 0 heterocycles. The minimum atomic E-state index is -0.437. The first-order chi connectivity index (χ1) is 11.4. The molecular weight excluding hydrogens is 310 g/mol. The van der Waals surface area contributed by atoms with Crippen LogP contribution in [0.3, 0.4) is 0 Å². The Labute approximate surface area is 141 Å². The fourth-order valence-corrected chi connectivity index (χ4v) is 1.66. The third kappa shape index (κ3) is 5.75. The Morgan fingerprint density at radius 1 is 1.00 bits per heavy atom. The van der Waals surface area contributed by atoms with Gasteiger partial charge in [-0.1, -0.05) is 6.92 Å². The van der Waals surface area contributed by atoms with Gasteiger partial charge in [0.1, 0.15) is 0 Å². The summed E-state index contributed by atoms with van der Waals surface area (Å²) < 4.78 is 4.89. The molecule has 0 aliphatic heterocycles. The average Bonchev–Trinajstić information content (AvgIpc) is 2.59. The highest BCUT2D eigenvalue weighted by Gasteiger charge is 2.10. The number of hydrazine groups is 1. The van der Waals surface area contributed by atoms with E-state index in [0.717, 1.165) is 0 Å². The normalized spacial score (nSPS) is 11.2. The number of hydrogen-bond donors (Lipinski definition) is 3. The first kappa shape index (κ1) is 19.2. The van der Waals surface area contributed by atoms with Gasteiger partial charge in [-0.25, -0.2) is 4.79 Å². The number of carbonyl (C=O) groups excluding carboxylic acids is 3. The number of carbonyl (C=O) groups is 3. The second-order valence-electron chi connectivity index (χ2n) is 5.03. The molecule has 1 aromatic carbocycles. The molecule has 0 saturated carbocycles. The van der Waals surface area contributed by atoms with E-state index in [1.807, 2.05) is 0 Å². The first-order valence-corrected chi connectivity index (χ1v) is 7.69. The van der Waals surface area contributed by atoms with E-state index in [0.29, 0.717) is 28.9 Å². The lowest BCUT2D eigenvalue weighted by molar-refractivity contribution is -0.138. The Morgan fingerprint density at radius 3 is 2.17 bits per heavy atom. The lowest BCUT2D eigenvalue weighted by atomic mass is 10.2. The third-order valence-electron chi connectivity index (χ3n) is 3.26. The van der Waals surface area contributed by atoms with Crippen LogP contribution in [0, 0.1) is 0 Å². The van der Waals surface area contributed by atoms with Crippen LogP contribution in [-0.4, -0.2) is 24.4 Å². The van der Waals surface area contributed by atoms with Gasteiger partial charge in [0.25, 0.3) is 5.91 Å². The van der Waals surface area contributed by atoms with Crippen molar-refractivity contribution in [2.75, 3.05) is 11.9 Å². The van der Waals surface area contributed by atoms with Crippen LogP contribution in [0.4, 0.5) is 5.69 Å². The number of anilines is 1. The molecule has 130 valence electrons. The molecule has 7 nitrogen and oxygen atoms in total. The van der Waals surface area contributed by atoms with Crippen molar-refractivity contribution < 1.29 is 19.1 Å². The number of allylic oxidation sites excluding steroid dienone is 1. The van der Waals surface area contributed by atoms with Crippen LogP contribution in [0.2, 0.25) is 0 Å². The van der Waals surface area contributed by atoms with Gasteiger partial charge in [0, 0.05) is 23.4 Å². The second kappa shape index (κ2) is 9.34. The van der Waals surface area contributed by atoms with Crippen molar-refractivity contribution in [1.29, 1.82) is 0 Å². The van der Waals surface area contributed by atoms with Crippen LogP contribution >= 0.6 is 0 Å². The van der Waals surface area contributed by atoms with Crippen molar-refractivity contribution in [3.8, 4) is 0 Å². The monoisotopic (exact) mass is 333 g/mol. The third-order valence-corrected chi connectivity index (χ3v) is 3.26. The summed E-state index contributed by atoms with van der Waals surface area (Å²) in [7, 11) is 0. The zero-order chi connectivity index (χ0) is 18.1. The Balaban J connectivity index is 2.63. The molecule has 1 rings (SSSR count). The highest BCUT2D eigenvalue weighted by Crippen LogP contribution is 2.10. The van der Waals surface area contributed by atoms with E-state index >= 15 is 0 Å². The largest absolute Gasteiger partial charge is 0.463 e. The summed E-state index contributed by atoms with van der Waals surface area (Å²) in [6.07, 6.45) is 0.386. The van der Waals surface area contributed by atoms with Crippen LogP contribution < -0.4 is 16.2 Å². The Bertz CT molecular complexity index is 636. The SMILES string of the molecule is CCOC(=O)/C(C)=C(/C)NNC(=O)c1ccc(NC(=O)CC)cc1. The molecule has 1 aromatic rings. The zero-order valence-corrected chi connectivity index (χ0v) is 14.4. The summed E-state index contributed by atoms with van der Waals surface area (Å²) in [5.41, 5.74) is 7.11. The minimum Gasteiger partial charge on any atom is -0.463 e. The van der Waals surface area contributed by atoms with Gasteiger partial charge in [-0.3, -0.25) is 15.0 Å². The second-order valence-corrected chi connectivity index (χ2v) is 5.03. The van der Waals surface area contributed by atoms with Gasteiger partial charge in [0.2, 0.25) is 5.91 Å². The number of amides is 2. The van der Waals surface area contributed by atoms with Crippen molar-refractivity contribution in [2.45, 2.75) is 34.1 Å². The van der Waals surface area contributed by atoms with Crippen LogP contribution in [0.15, 0.2) is 35.5 Å². The maximum atomic E-state index is 12.1. The van der Waals surface area contributed by atoms with Crippen molar-refractivity contribution in [3.05, 3.63) is 41.1 Å². The van der Waals surface area contributed by atoms with Gasteiger partial charge in [0.05, 0.1) is 12.2 Å². The lowest BCUT2D eigenvalue weighted by Gasteiger charge is -2.12. The van der Waals surface area contributed by atoms with E-state index in [4.69, 9.17) is 4.74 Å². The van der Waals surface area contributed by atoms with E-state index in [1.54, 1.807) is 52.0 Å². The summed E-state index contributed by atoms with van der Waals surface area (Å²) in [5, 5.41) is 2.70. The molecule has 0 saturated heterocycles. The molecule has 7 heteroatoms. The molecule has 0 aliphatic carbocycles. The number of benzene rings is 1. The van der Waals surface area contributed by atoms with Crippen LogP contribution in [0.1, 0.15) is 44.5 Å². The molecule has 0 unspecified atom stereocenters. The van der Waals surface area contributed by atoms with Crippen LogP contribution in [0.25, 0.3) is 0 Å². The minimum absolute atomic E-state index is 0.0935. The maximum Gasteiger partial charge on any atom is 0.335 e. The molecule has 3 N–H and O–H groups in total. The van der Waals surface area contributed by atoms with Crippen LogP contribution in [0.5, 0.6) is 0 Å². The summed E-state index contributed by atoms with van der Waals surface area (Å²) in [5.74, 6) is -0.892. The average molecular weight is 333 g/mol. The molecule has 0 bridgehead atoms. The molecule has 0 spiro atoms. The maximum absolute atomic E-state index is 12.1. The molecule has 2 amide bonds. The summed E-state index contributed by atoms with van der Waals surface area (Å²) in [6.45, 7) is 7.05. The predicted octanol–water partition coefficient (Wildman–Crippen LogP) is 2.13. The smallest absolute Gasteiger partial charge is 0.335 e. The Hall–Kier alpha value is -2.83. The quantitative estimate of drug-likeness (QED) is 0.403. The summed E-state index contributed by atoms with van der Waals surface area (Å²) in [4.78, 5) is 34.9. The topological polar surface area (TPSA) is 96.5 Å². The molecule has 24 heavy (non-hydrogen) atoms. The van der Waals surface area contributed by atoms with Crippen molar-refractivity contribution >= 4 is 23.5 Å². The number of esters is 1. The fourth-order valence-electron chi connectivity index (χ4n) is 1.66. The van der Waals surface area contributed by atoms with Gasteiger partial charge in [-0.15, -0.1) is 0 Å². The van der Waals surface area contributed by atoms with E-state index in [-0.39, 0.29) is 18.4 Å². The number of rotatable bonds is 7. The molecule has 0 aromatic heterocycles. The van der Waals surface area contributed by atoms with E-state index < -0.39 is 5.97 Å². The molecule has 0 aliphatic rings. The highest BCUT2D eigenvalue weighted by atomic mass is 16.5. The lowest BCUT2D eigenvalue weighted by Crippen LogP contribution is -2.37. The predicted molar refractivity (Wildman–Crippen MR) is 91.0 cm³/mol. The van der Waals surface area contributed by atoms with Gasteiger partial charge >= 0.3 is 5.97 Å². The standard InChI is InChI=1S/C17H23N3O4/c1-5-15(21)18-14-9-7-13(8-10-14)16(22)20-19-12(4)11(3)17(23)24-6-2/h7-10,19H,5-6H2,1-4H3,(H,18,21)(H,20,22)/b12-11-. The van der Waals surface area contributed by atoms with Crippen LogP contribution in [-0.2, 0) is 14.3 Å². The highest BCUT2D eigenvalue weighted by molar-refractivity contribution is 5.95. The Morgan fingerprint density at radius 2 is 1.62 bits per heavy atom. The van der Waals surface area contributed by atoms with E-state index in [2.05, 4.69) is 16.2 Å². The van der Waals surface area contributed by atoms with Crippen molar-refractivity contribution in [1.82, 2.24) is 10.9 Å². The Kier molecular flexibility index (Phi) is 7.48. The zero-order valence-electron chi connectivity index (χ0n) is 14.4. The van der Waals surface area contributed by atoms with Gasteiger partial charge in [-0.2, -0.15) is 0 Å². The number of nitrogens with one attached hydrogen (secondary N) is 3. The van der Waals surface area contributed by atoms with Gasteiger partial charge in [-0.05, 0) is 45.0 Å². The molecular formula is C17H23N3O4. The summed E-state index contributed by atoms with van der Waals surface area (Å²) >= 11 is 0. The van der Waals surface area contributed by atoms with Crippen molar-refractivity contribution in [2.24, 2.45) is 0 Å². The first-order valence-electron chi connectivity index (χ1n) is 7.69. The van der Waals surface area contributed by atoms with E-state index in [1.165, 1.54) is 0 Å². The van der Waals surface area contributed by atoms with Gasteiger partial charge < -0.3 is 15.5 Å². The van der Waals surface area contributed by atoms with Crippen molar-refractivity contribution in [3.63, 3.8) is 0 Å². The van der Waals surface area contributed by atoms with E-state index in [9.17, 15) is 14.4 Å². The van der Waals surface area contributed by atoms with Gasteiger partial charge in [0.15, 0.2) is 0 Å². The number of hydrogen-bond acceptors (Lipinski definition) is 5. The molecule has 0 radical (unpaired) electrons. The number of ether oxygens (including phenoxy) is 1. The molecule has 0 atom stereocenters.